The fraction of sp³-hybridized carbons (Fsp3) is 0.588. The number of rotatable bonds is 9. The lowest BCUT2D eigenvalue weighted by molar-refractivity contribution is -0.128. The number of ether oxygens (including phenoxy) is 4. The molecular formula is C17H25NO5S. The quantitative estimate of drug-likeness (QED) is 0.635. The van der Waals surface area contributed by atoms with Crippen molar-refractivity contribution in [2.45, 2.75) is 18.7 Å². The van der Waals surface area contributed by atoms with E-state index < -0.39 is 0 Å². The Kier molecular flexibility index (Phi) is 7.05. The number of carbonyl (C=O) groups is 1. The summed E-state index contributed by atoms with van der Waals surface area (Å²) >= 11 is 1.61. The smallest absolute Gasteiger partial charge is 0.233 e. The predicted octanol–water partition coefficient (Wildman–Crippen LogP) is 2.71. The third kappa shape index (κ3) is 4.08. The van der Waals surface area contributed by atoms with Gasteiger partial charge in [0.25, 0.3) is 0 Å². The Labute approximate surface area is 147 Å². The van der Waals surface area contributed by atoms with Crippen molar-refractivity contribution >= 4 is 17.7 Å². The van der Waals surface area contributed by atoms with Crippen LogP contribution in [0.3, 0.4) is 0 Å². The van der Waals surface area contributed by atoms with Crippen LogP contribution in [-0.4, -0.2) is 57.6 Å². The van der Waals surface area contributed by atoms with Crippen LogP contribution in [0.15, 0.2) is 12.1 Å². The highest BCUT2D eigenvalue weighted by atomic mass is 32.2. The topological polar surface area (TPSA) is 57.2 Å². The van der Waals surface area contributed by atoms with Gasteiger partial charge in [0.05, 0.1) is 27.1 Å². The second-order valence-corrected chi connectivity index (χ2v) is 6.33. The molecule has 1 aromatic carbocycles. The van der Waals surface area contributed by atoms with Crippen LogP contribution >= 0.6 is 11.8 Å². The lowest BCUT2D eigenvalue weighted by Gasteiger charge is -2.25. The molecule has 0 aromatic heterocycles. The van der Waals surface area contributed by atoms with Crippen molar-refractivity contribution < 1.29 is 23.7 Å². The first kappa shape index (κ1) is 18.7. The van der Waals surface area contributed by atoms with Gasteiger partial charge in [0.1, 0.15) is 5.37 Å². The van der Waals surface area contributed by atoms with E-state index in [2.05, 4.69) is 0 Å². The molecule has 1 atom stereocenters. The van der Waals surface area contributed by atoms with Crippen LogP contribution in [0.25, 0.3) is 0 Å². The standard InChI is InChI=1S/C17H25NO5S/c1-5-23-8-6-7-18-15(19)11-24-17(18)12-9-13(20-2)16(22-4)14(10-12)21-3/h9-10,17H,5-8,11H2,1-4H3. The maximum Gasteiger partial charge on any atom is 0.233 e. The van der Waals surface area contributed by atoms with Gasteiger partial charge in [-0.05, 0) is 31.0 Å². The number of methoxy groups -OCH3 is 3. The van der Waals surface area contributed by atoms with Gasteiger partial charge in [0, 0.05) is 19.8 Å². The molecule has 1 aromatic rings. The van der Waals surface area contributed by atoms with E-state index in [0.717, 1.165) is 12.0 Å². The highest BCUT2D eigenvalue weighted by Crippen LogP contribution is 2.45. The highest BCUT2D eigenvalue weighted by Gasteiger charge is 2.33. The zero-order valence-electron chi connectivity index (χ0n) is 14.7. The van der Waals surface area contributed by atoms with Crippen molar-refractivity contribution in [3.63, 3.8) is 0 Å². The summed E-state index contributed by atoms with van der Waals surface area (Å²) in [5, 5.41) is -0.0483. The second kappa shape index (κ2) is 9.03. The van der Waals surface area contributed by atoms with Gasteiger partial charge in [-0.25, -0.2) is 0 Å². The Balaban J connectivity index is 2.23. The van der Waals surface area contributed by atoms with E-state index >= 15 is 0 Å². The number of hydrogen-bond acceptors (Lipinski definition) is 6. The van der Waals surface area contributed by atoms with Crippen LogP contribution in [0.5, 0.6) is 17.2 Å². The lowest BCUT2D eigenvalue weighted by atomic mass is 10.1. The summed E-state index contributed by atoms with van der Waals surface area (Å²) < 4.78 is 21.6. The molecule has 2 rings (SSSR count). The first-order chi connectivity index (χ1) is 11.7. The SMILES string of the molecule is CCOCCCN1C(=O)CSC1c1cc(OC)c(OC)c(OC)c1. The van der Waals surface area contributed by atoms with E-state index in [4.69, 9.17) is 18.9 Å². The van der Waals surface area contributed by atoms with Gasteiger partial charge in [-0.1, -0.05) is 0 Å². The van der Waals surface area contributed by atoms with Crippen molar-refractivity contribution in [2.75, 3.05) is 46.8 Å². The molecule has 1 fully saturated rings. The van der Waals surface area contributed by atoms with Crippen molar-refractivity contribution in [1.82, 2.24) is 4.90 Å². The van der Waals surface area contributed by atoms with E-state index in [0.29, 0.717) is 42.8 Å². The van der Waals surface area contributed by atoms with Crippen LogP contribution in [0.2, 0.25) is 0 Å². The molecular weight excluding hydrogens is 330 g/mol. The van der Waals surface area contributed by atoms with E-state index in [1.165, 1.54) is 0 Å². The summed E-state index contributed by atoms with van der Waals surface area (Å²) in [4.78, 5) is 14.1. The van der Waals surface area contributed by atoms with Crippen molar-refractivity contribution in [3.8, 4) is 17.2 Å². The second-order valence-electron chi connectivity index (χ2n) is 5.26. The maximum atomic E-state index is 12.2. The van der Waals surface area contributed by atoms with Crippen LogP contribution in [0.4, 0.5) is 0 Å². The largest absolute Gasteiger partial charge is 0.493 e. The van der Waals surface area contributed by atoms with Crippen molar-refractivity contribution in [3.05, 3.63) is 17.7 Å². The molecule has 134 valence electrons. The van der Waals surface area contributed by atoms with Gasteiger partial charge in [-0.3, -0.25) is 4.79 Å². The Morgan fingerprint density at radius 3 is 2.38 bits per heavy atom. The number of hydrogen-bond donors (Lipinski definition) is 0. The van der Waals surface area contributed by atoms with Gasteiger partial charge in [0.15, 0.2) is 11.5 Å². The molecule has 0 saturated carbocycles. The fourth-order valence-electron chi connectivity index (χ4n) is 2.70. The summed E-state index contributed by atoms with van der Waals surface area (Å²) in [7, 11) is 4.76. The number of amides is 1. The van der Waals surface area contributed by atoms with Gasteiger partial charge < -0.3 is 23.8 Å². The van der Waals surface area contributed by atoms with Crippen LogP contribution < -0.4 is 14.2 Å². The van der Waals surface area contributed by atoms with Crippen molar-refractivity contribution in [1.29, 1.82) is 0 Å². The van der Waals surface area contributed by atoms with E-state index in [-0.39, 0.29) is 11.3 Å². The molecule has 0 spiro atoms. The van der Waals surface area contributed by atoms with Gasteiger partial charge in [-0.15, -0.1) is 11.8 Å². The minimum absolute atomic E-state index is 0.0483. The Morgan fingerprint density at radius 2 is 1.83 bits per heavy atom. The first-order valence-electron chi connectivity index (χ1n) is 7.95. The van der Waals surface area contributed by atoms with Crippen LogP contribution in [0, 0.1) is 0 Å². The van der Waals surface area contributed by atoms with E-state index in [1.807, 2.05) is 24.0 Å². The van der Waals surface area contributed by atoms with Gasteiger partial charge in [0.2, 0.25) is 11.7 Å². The number of thioether (sulfide) groups is 1. The molecule has 0 N–H and O–H groups in total. The van der Waals surface area contributed by atoms with E-state index in [1.54, 1.807) is 33.1 Å². The molecule has 1 unspecified atom stereocenters. The number of carbonyl (C=O) groups excluding carboxylic acids is 1. The Bertz CT molecular complexity index is 541. The molecule has 7 heteroatoms. The molecule has 0 aliphatic carbocycles. The minimum atomic E-state index is -0.0483. The monoisotopic (exact) mass is 355 g/mol. The molecule has 6 nitrogen and oxygen atoms in total. The van der Waals surface area contributed by atoms with E-state index in [9.17, 15) is 4.79 Å². The zero-order valence-corrected chi connectivity index (χ0v) is 15.5. The number of benzene rings is 1. The summed E-state index contributed by atoms with van der Waals surface area (Å²) in [5.41, 5.74) is 0.969. The summed E-state index contributed by atoms with van der Waals surface area (Å²) in [6.45, 7) is 3.99. The normalized spacial score (nSPS) is 17.2. The fourth-order valence-corrected chi connectivity index (χ4v) is 3.89. The molecule has 1 aliphatic rings. The average molecular weight is 355 g/mol. The molecule has 0 bridgehead atoms. The molecule has 1 aliphatic heterocycles. The predicted molar refractivity (Wildman–Crippen MR) is 94.1 cm³/mol. The molecule has 0 radical (unpaired) electrons. The maximum absolute atomic E-state index is 12.2. The molecule has 24 heavy (non-hydrogen) atoms. The Hall–Kier alpha value is -1.60. The average Bonchev–Trinajstić information content (AvgIpc) is 2.98. The summed E-state index contributed by atoms with van der Waals surface area (Å²) in [5.74, 6) is 2.38. The molecule has 1 amide bonds. The number of nitrogens with zero attached hydrogens (tertiary/aromatic N) is 1. The lowest BCUT2D eigenvalue weighted by Crippen LogP contribution is -2.30. The third-order valence-electron chi connectivity index (χ3n) is 3.83. The summed E-state index contributed by atoms with van der Waals surface area (Å²) in [6.07, 6.45) is 0.821. The van der Waals surface area contributed by atoms with Gasteiger partial charge >= 0.3 is 0 Å². The van der Waals surface area contributed by atoms with Gasteiger partial charge in [-0.2, -0.15) is 0 Å². The van der Waals surface area contributed by atoms with Crippen molar-refractivity contribution in [2.24, 2.45) is 0 Å². The molecule has 1 saturated heterocycles. The van der Waals surface area contributed by atoms with Crippen LogP contribution in [-0.2, 0) is 9.53 Å². The minimum Gasteiger partial charge on any atom is -0.493 e. The highest BCUT2D eigenvalue weighted by molar-refractivity contribution is 8.00. The zero-order chi connectivity index (χ0) is 17.5. The van der Waals surface area contributed by atoms with Crippen LogP contribution in [0.1, 0.15) is 24.3 Å². The summed E-state index contributed by atoms with van der Waals surface area (Å²) in [6, 6.07) is 3.82. The molecule has 1 heterocycles. The Morgan fingerprint density at radius 1 is 1.17 bits per heavy atom. The third-order valence-corrected chi connectivity index (χ3v) is 5.09. The first-order valence-corrected chi connectivity index (χ1v) is 8.99.